The Morgan fingerprint density at radius 1 is 1.33 bits per heavy atom. The lowest BCUT2D eigenvalue weighted by Crippen LogP contribution is -2.62. The summed E-state index contributed by atoms with van der Waals surface area (Å²) >= 11 is 0. The molecule has 1 aliphatic carbocycles. The summed E-state index contributed by atoms with van der Waals surface area (Å²) in [4.78, 5) is 7.04. The maximum absolute atomic E-state index is 13.2. The number of halogens is 1. The highest BCUT2D eigenvalue weighted by Gasteiger charge is 2.42. The SMILES string of the molecule is CCC(c1ccc(F)cn1)N1CCNCC12CCCCC2. The Morgan fingerprint density at radius 3 is 2.81 bits per heavy atom. The highest BCUT2D eigenvalue weighted by Crippen LogP contribution is 2.40. The van der Waals surface area contributed by atoms with E-state index in [9.17, 15) is 4.39 Å². The second kappa shape index (κ2) is 6.41. The van der Waals surface area contributed by atoms with Crippen molar-refractivity contribution in [2.45, 2.75) is 57.0 Å². The van der Waals surface area contributed by atoms with E-state index < -0.39 is 0 Å². The van der Waals surface area contributed by atoms with Crippen LogP contribution in [0.2, 0.25) is 0 Å². The molecule has 2 aliphatic rings. The fourth-order valence-electron chi connectivity index (χ4n) is 4.19. The summed E-state index contributed by atoms with van der Waals surface area (Å²) in [6.07, 6.45) is 8.95. The Kier molecular flexibility index (Phi) is 4.55. The van der Waals surface area contributed by atoms with Crippen LogP contribution in [0.15, 0.2) is 18.3 Å². The first-order valence-electron chi connectivity index (χ1n) is 8.34. The minimum atomic E-state index is -0.249. The number of hydrogen-bond acceptors (Lipinski definition) is 3. The molecule has 21 heavy (non-hydrogen) atoms. The van der Waals surface area contributed by atoms with Gasteiger partial charge in [0.1, 0.15) is 5.82 Å². The largest absolute Gasteiger partial charge is 0.314 e. The molecule has 1 aromatic rings. The van der Waals surface area contributed by atoms with Crippen LogP contribution in [0.5, 0.6) is 0 Å². The van der Waals surface area contributed by atoms with Crippen molar-refractivity contribution in [1.82, 2.24) is 15.2 Å². The maximum atomic E-state index is 13.2. The van der Waals surface area contributed by atoms with Crippen LogP contribution in [0.4, 0.5) is 4.39 Å². The highest BCUT2D eigenvalue weighted by atomic mass is 19.1. The van der Waals surface area contributed by atoms with E-state index >= 15 is 0 Å². The monoisotopic (exact) mass is 291 g/mol. The zero-order chi connectivity index (χ0) is 14.7. The summed E-state index contributed by atoms with van der Waals surface area (Å²) in [5.41, 5.74) is 1.30. The predicted octanol–water partition coefficient (Wildman–Crippen LogP) is 3.28. The van der Waals surface area contributed by atoms with Gasteiger partial charge in [-0.3, -0.25) is 9.88 Å². The fraction of sp³-hybridized carbons (Fsp3) is 0.706. The van der Waals surface area contributed by atoms with Crippen LogP contribution in [-0.4, -0.2) is 35.1 Å². The second-order valence-corrected chi connectivity index (χ2v) is 6.48. The molecule has 1 N–H and O–H groups in total. The van der Waals surface area contributed by atoms with Gasteiger partial charge < -0.3 is 5.32 Å². The number of piperazine rings is 1. The number of nitrogens with zero attached hydrogens (tertiary/aromatic N) is 2. The van der Waals surface area contributed by atoms with Gasteiger partial charge in [-0.05, 0) is 31.4 Å². The molecule has 1 spiro atoms. The molecular weight excluding hydrogens is 265 g/mol. The first kappa shape index (κ1) is 14.9. The smallest absolute Gasteiger partial charge is 0.141 e. The van der Waals surface area contributed by atoms with E-state index in [4.69, 9.17) is 0 Å². The number of aromatic nitrogens is 1. The third kappa shape index (κ3) is 2.97. The van der Waals surface area contributed by atoms with E-state index in [1.807, 2.05) is 6.07 Å². The Morgan fingerprint density at radius 2 is 2.14 bits per heavy atom. The first-order chi connectivity index (χ1) is 10.2. The molecule has 1 aromatic heterocycles. The van der Waals surface area contributed by atoms with Gasteiger partial charge in [-0.2, -0.15) is 0 Å². The molecule has 0 bridgehead atoms. The molecule has 3 nitrogen and oxygen atoms in total. The predicted molar refractivity (Wildman–Crippen MR) is 82.6 cm³/mol. The molecule has 1 aliphatic heterocycles. The third-order valence-electron chi connectivity index (χ3n) is 5.23. The van der Waals surface area contributed by atoms with Crippen molar-refractivity contribution in [2.75, 3.05) is 19.6 Å². The molecule has 2 fully saturated rings. The van der Waals surface area contributed by atoms with Gasteiger partial charge in [-0.25, -0.2) is 4.39 Å². The van der Waals surface area contributed by atoms with Crippen molar-refractivity contribution in [3.63, 3.8) is 0 Å². The molecule has 0 radical (unpaired) electrons. The van der Waals surface area contributed by atoms with Crippen molar-refractivity contribution in [3.8, 4) is 0 Å². The van der Waals surface area contributed by atoms with E-state index in [1.54, 1.807) is 6.07 Å². The van der Waals surface area contributed by atoms with E-state index in [0.29, 0.717) is 6.04 Å². The minimum Gasteiger partial charge on any atom is -0.314 e. The van der Waals surface area contributed by atoms with Gasteiger partial charge in [0, 0.05) is 25.2 Å². The van der Waals surface area contributed by atoms with Gasteiger partial charge in [0.15, 0.2) is 0 Å². The van der Waals surface area contributed by atoms with Crippen molar-refractivity contribution >= 4 is 0 Å². The van der Waals surface area contributed by atoms with Crippen molar-refractivity contribution in [1.29, 1.82) is 0 Å². The molecule has 116 valence electrons. The third-order valence-corrected chi connectivity index (χ3v) is 5.23. The molecule has 1 atom stereocenters. The molecule has 0 amide bonds. The summed E-state index contributed by atoms with van der Waals surface area (Å²) in [7, 11) is 0. The molecule has 1 unspecified atom stereocenters. The van der Waals surface area contributed by atoms with Gasteiger partial charge >= 0.3 is 0 Å². The Bertz CT molecular complexity index is 445. The molecule has 4 heteroatoms. The van der Waals surface area contributed by atoms with Crippen molar-refractivity contribution < 1.29 is 4.39 Å². The van der Waals surface area contributed by atoms with Crippen LogP contribution in [0, 0.1) is 5.82 Å². The topological polar surface area (TPSA) is 28.2 Å². The summed E-state index contributed by atoms with van der Waals surface area (Å²) in [6, 6.07) is 3.72. The average molecular weight is 291 g/mol. The summed E-state index contributed by atoms with van der Waals surface area (Å²) in [5, 5.41) is 3.59. The number of nitrogens with one attached hydrogen (secondary N) is 1. The average Bonchev–Trinajstić information content (AvgIpc) is 2.52. The molecule has 1 saturated carbocycles. The van der Waals surface area contributed by atoms with E-state index in [1.165, 1.54) is 38.3 Å². The standard InChI is InChI=1S/C17H26FN3/c1-2-16(15-7-6-14(18)12-20-15)21-11-10-19-13-17(21)8-4-3-5-9-17/h6-7,12,16,19H,2-5,8-11,13H2,1H3. The van der Waals surface area contributed by atoms with Crippen molar-refractivity contribution in [3.05, 3.63) is 29.8 Å². The Labute approximate surface area is 126 Å². The van der Waals surface area contributed by atoms with Gasteiger partial charge in [-0.15, -0.1) is 0 Å². The molecule has 3 rings (SSSR count). The fourth-order valence-corrected chi connectivity index (χ4v) is 4.19. The van der Waals surface area contributed by atoms with E-state index in [0.717, 1.165) is 31.7 Å². The highest BCUT2D eigenvalue weighted by molar-refractivity contribution is 5.13. The summed E-state index contributed by atoms with van der Waals surface area (Å²) < 4.78 is 13.2. The zero-order valence-corrected chi connectivity index (χ0v) is 12.9. The van der Waals surface area contributed by atoms with Gasteiger partial charge in [0.05, 0.1) is 17.9 Å². The van der Waals surface area contributed by atoms with Crippen LogP contribution >= 0.6 is 0 Å². The normalized spacial score (nSPS) is 24.1. The van der Waals surface area contributed by atoms with Crippen LogP contribution in [0.25, 0.3) is 0 Å². The first-order valence-corrected chi connectivity index (χ1v) is 8.34. The lowest BCUT2D eigenvalue weighted by atomic mass is 9.77. The summed E-state index contributed by atoms with van der Waals surface area (Å²) in [6.45, 7) is 5.41. The van der Waals surface area contributed by atoms with E-state index in [2.05, 4.69) is 22.1 Å². The van der Waals surface area contributed by atoms with Crippen LogP contribution < -0.4 is 5.32 Å². The quantitative estimate of drug-likeness (QED) is 0.926. The second-order valence-electron chi connectivity index (χ2n) is 6.48. The lowest BCUT2D eigenvalue weighted by molar-refractivity contribution is -0.0111. The van der Waals surface area contributed by atoms with Crippen LogP contribution in [0.3, 0.4) is 0 Å². The molecular formula is C17H26FN3. The van der Waals surface area contributed by atoms with Crippen molar-refractivity contribution in [2.24, 2.45) is 0 Å². The Hall–Kier alpha value is -1.00. The van der Waals surface area contributed by atoms with E-state index in [-0.39, 0.29) is 11.4 Å². The van der Waals surface area contributed by atoms with Gasteiger partial charge in [0.25, 0.3) is 0 Å². The van der Waals surface area contributed by atoms with Gasteiger partial charge in [-0.1, -0.05) is 26.2 Å². The summed E-state index contributed by atoms with van der Waals surface area (Å²) in [5.74, 6) is -0.249. The number of rotatable bonds is 3. The maximum Gasteiger partial charge on any atom is 0.141 e. The zero-order valence-electron chi connectivity index (χ0n) is 12.9. The van der Waals surface area contributed by atoms with Crippen LogP contribution in [-0.2, 0) is 0 Å². The molecule has 0 aromatic carbocycles. The molecule has 2 heterocycles. The Balaban J connectivity index is 1.88. The number of hydrogen-bond donors (Lipinski definition) is 1. The van der Waals surface area contributed by atoms with Gasteiger partial charge in [0.2, 0.25) is 0 Å². The molecule has 1 saturated heterocycles. The van der Waals surface area contributed by atoms with Crippen LogP contribution in [0.1, 0.15) is 57.2 Å². The minimum absolute atomic E-state index is 0.249. The lowest BCUT2D eigenvalue weighted by Gasteiger charge is -2.52. The number of pyridine rings is 1.